The van der Waals surface area contributed by atoms with Crippen LogP contribution in [0.15, 0.2) is 24.3 Å². The van der Waals surface area contributed by atoms with Crippen molar-refractivity contribution in [2.45, 2.75) is 6.54 Å². The van der Waals surface area contributed by atoms with E-state index in [0.717, 1.165) is 12.2 Å². The van der Waals surface area contributed by atoms with Gasteiger partial charge in [0.15, 0.2) is 0 Å². The molecule has 0 saturated heterocycles. The molecular formula is C8H10N3W2-. The van der Waals surface area contributed by atoms with Gasteiger partial charge < -0.3 is 0 Å². The molecule has 0 aromatic heterocycles. The van der Waals surface area contributed by atoms with Gasteiger partial charge >= 0.3 is 82.5 Å². The molecular weight excluding hydrogens is 506 g/mol. The molecule has 0 radical (unpaired) electrons. The summed E-state index contributed by atoms with van der Waals surface area (Å²) >= 11 is 1.30. The average molecular weight is 516 g/mol. The molecule has 1 aromatic rings. The minimum atomic E-state index is 0. The number of hydrogen-bond acceptors (Lipinski definition) is 3. The maximum Gasteiger partial charge on any atom is 0 e. The van der Waals surface area contributed by atoms with Crippen LogP contribution in [0.3, 0.4) is 0 Å². The molecule has 0 aliphatic heterocycles. The van der Waals surface area contributed by atoms with E-state index < -0.39 is 0 Å². The van der Waals surface area contributed by atoms with Crippen molar-refractivity contribution < 1.29 is 40.4 Å². The summed E-state index contributed by atoms with van der Waals surface area (Å²) in [6.07, 6.45) is 0. The van der Waals surface area contributed by atoms with Crippen LogP contribution in [0.4, 0.5) is 5.69 Å². The first-order chi connectivity index (χ1) is 5.86. The van der Waals surface area contributed by atoms with Crippen LogP contribution in [0, 0.1) is 0 Å². The van der Waals surface area contributed by atoms with Gasteiger partial charge in [-0.25, -0.2) is 0 Å². The van der Waals surface area contributed by atoms with Gasteiger partial charge in [-0.3, -0.25) is 0 Å². The Bertz CT molecular complexity index is 265. The SMILES string of the molecule is NNc1cccc(CN[C-]=[W])c1.[W]. The predicted molar refractivity (Wildman–Crippen MR) is 46.1 cm³/mol. The third-order valence-corrected chi connectivity index (χ3v) is 1.98. The first-order valence-electron chi connectivity index (χ1n) is 3.52. The molecule has 1 aromatic carbocycles. The van der Waals surface area contributed by atoms with E-state index in [2.05, 4.69) is 15.3 Å². The largest absolute Gasteiger partial charge is 0 e. The van der Waals surface area contributed by atoms with Crippen molar-refractivity contribution in [3.63, 3.8) is 0 Å². The Labute approximate surface area is 103 Å². The molecule has 0 amide bonds. The molecule has 0 heterocycles. The smallest absolute Gasteiger partial charge is 0 e. The van der Waals surface area contributed by atoms with Gasteiger partial charge in [-0.1, -0.05) is 0 Å². The second kappa shape index (κ2) is 7.58. The van der Waals surface area contributed by atoms with Crippen molar-refractivity contribution in [2.75, 3.05) is 5.43 Å². The third-order valence-electron chi connectivity index (χ3n) is 1.46. The van der Waals surface area contributed by atoms with Crippen LogP contribution in [0.2, 0.25) is 0 Å². The molecule has 0 atom stereocenters. The second-order valence-electron chi connectivity index (χ2n) is 2.30. The molecule has 0 spiro atoms. The predicted octanol–water partition coefficient (Wildman–Crippen LogP) is 0.243. The Hall–Kier alpha value is 0.187. The minimum absolute atomic E-state index is 0. The Kier molecular flexibility index (Phi) is 7.69. The summed E-state index contributed by atoms with van der Waals surface area (Å²) in [5.41, 5.74) is 4.72. The molecule has 3 nitrogen and oxygen atoms in total. The van der Waals surface area contributed by atoms with E-state index in [1.54, 1.807) is 0 Å². The number of benzene rings is 1. The average Bonchev–Trinajstić information content (AvgIpc) is 2.15. The molecule has 13 heavy (non-hydrogen) atoms. The molecule has 0 bridgehead atoms. The minimum Gasteiger partial charge on any atom is 0 e. The quantitative estimate of drug-likeness (QED) is 0.233. The van der Waals surface area contributed by atoms with E-state index >= 15 is 0 Å². The number of nitrogens with one attached hydrogen (secondary N) is 2. The van der Waals surface area contributed by atoms with Crippen LogP contribution in [0.1, 0.15) is 5.56 Å². The summed E-state index contributed by atoms with van der Waals surface area (Å²) in [7, 11) is 0. The maximum atomic E-state index is 5.27. The Morgan fingerprint density at radius 2 is 2.23 bits per heavy atom. The molecule has 0 fully saturated rings. The first kappa shape index (κ1) is 13.2. The molecule has 0 aliphatic rings. The van der Waals surface area contributed by atoms with Crippen molar-refractivity contribution in [3.8, 4) is 0 Å². The van der Waals surface area contributed by atoms with E-state index in [-0.39, 0.29) is 21.1 Å². The molecule has 1 rings (SSSR count). The van der Waals surface area contributed by atoms with Gasteiger partial charge in [0.05, 0.1) is 0 Å². The Morgan fingerprint density at radius 1 is 1.46 bits per heavy atom. The van der Waals surface area contributed by atoms with Crippen LogP contribution in [-0.4, -0.2) is 4.52 Å². The molecule has 4 N–H and O–H groups in total. The van der Waals surface area contributed by atoms with Crippen molar-refractivity contribution in [2.24, 2.45) is 5.84 Å². The van der Waals surface area contributed by atoms with Gasteiger partial charge in [0.2, 0.25) is 0 Å². The van der Waals surface area contributed by atoms with Crippen molar-refractivity contribution in [3.05, 3.63) is 29.8 Å². The summed E-state index contributed by atoms with van der Waals surface area (Å²) in [6, 6.07) is 7.93. The summed E-state index contributed by atoms with van der Waals surface area (Å²) in [5, 5.41) is 3.03. The topological polar surface area (TPSA) is 50.1 Å². The van der Waals surface area contributed by atoms with E-state index in [9.17, 15) is 0 Å². The monoisotopic (exact) mass is 516 g/mol. The zero-order valence-electron chi connectivity index (χ0n) is 6.91. The van der Waals surface area contributed by atoms with Crippen LogP contribution < -0.4 is 16.6 Å². The fourth-order valence-corrected chi connectivity index (χ4v) is 1.17. The molecule has 0 unspecified atom stereocenters. The van der Waals surface area contributed by atoms with E-state index in [1.165, 1.54) is 24.9 Å². The van der Waals surface area contributed by atoms with Gasteiger partial charge in [-0.15, -0.1) is 0 Å². The zero-order chi connectivity index (χ0) is 8.81. The van der Waals surface area contributed by atoms with Crippen LogP contribution in [0.25, 0.3) is 0 Å². The summed E-state index contributed by atoms with van der Waals surface area (Å²) in [5.74, 6) is 5.27. The summed E-state index contributed by atoms with van der Waals surface area (Å²) in [6.45, 7) is 0.805. The Morgan fingerprint density at radius 3 is 2.85 bits per heavy atom. The van der Waals surface area contributed by atoms with Gasteiger partial charge in [0, 0.05) is 21.1 Å². The van der Waals surface area contributed by atoms with Crippen LogP contribution in [-0.2, 0) is 47.0 Å². The van der Waals surface area contributed by atoms with Crippen molar-refractivity contribution >= 4 is 10.2 Å². The normalized spacial score (nSPS) is 8.69. The van der Waals surface area contributed by atoms with Gasteiger partial charge in [-0.2, -0.15) is 0 Å². The number of rotatable bonds is 4. The third kappa shape index (κ3) is 4.83. The standard InChI is InChI=1S/C8H10N3.2W/c1-10-6-7-3-2-4-8(5-7)11-9;;/h2-5,10-11H,6,9H2;;/q-1;;. The molecule has 70 valence electrons. The molecule has 0 saturated carbocycles. The number of hydrogen-bond donors (Lipinski definition) is 3. The number of anilines is 1. The summed E-state index contributed by atoms with van der Waals surface area (Å²) in [4.78, 5) is 0. The number of nitrogens with two attached hydrogens (primary N) is 1. The van der Waals surface area contributed by atoms with Crippen molar-refractivity contribution in [1.82, 2.24) is 5.32 Å². The van der Waals surface area contributed by atoms with Crippen LogP contribution in [0.5, 0.6) is 0 Å². The van der Waals surface area contributed by atoms with E-state index in [1.807, 2.05) is 24.3 Å². The fraction of sp³-hybridized carbons (Fsp3) is 0.125. The molecule has 5 heteroatoms. The first-order valence-corrected chi connectivity index (χ1v) is 4.99. The second-order valence-corrected chi connectivity index (χ2v) is 3.03. The van der Waals surface area contributed by atoms with Crippen molar-refractivity contribution in [1.29, 1.82) is 0 Å². The maximum absolute atomic E-state index is 5.27. The van der Waals surface area contributed by atoms with Gasteiger partial charge in [0.25, 0.3) is 0 Å². The Balaban J connectivity index is 0.00000144. The van der Waals surface area contributed by atoms with E-state index in [0.29, 0.717) is 0 Å². The molecule has 0 aliphatic carbocycles. The van der Waals surface area contributed by atoms with Crippen LogP contribution >= 0.6 is 0 Å². The zero-order valence-corrected chi connectivity index (χ0v) is 12.8. The number of hydrazine groups is 1. The van der Waals surface area contributed by atoms with Gasteiger partial charge in [-0.05, 0) is 0 Å². The fourth-order valence-electron chi connectivity index (χ4n) is 0.909. The number of nitrogen functional groups attached to an aromatic ring is 1. The van der Waals surface area contributed by atoms with E-state index in [4.69, 9.17) is 5.84 Å². The van der Waals surface area contributed by atoms with Gasteiger partial charge in [0.1, 0.15) is 0 Å². The summed E-state index contributed by atoms with van der Waals surface area (Å²) < 4.78 is 2.94.